The molecular weight excluding hydrogens is 284 g/mol. The molecule has 21 heavy (non-hydrogen) atoms. The van der Waals surface area contributed by atoms with Crippen LogP contribution in [0.4, 0.5) is 17.6 Å². The van der Waals surface area contributed by atoms with Crippen molar-refractivity contribution in [3.63, 3.8) is 0 Å². The number of alkyl halides is 3. The Hall–Kier alpha value is -1.14. The van der Waals surface area contributed by atoms with Crippen molar-refractivity contribution in [2.75, 3.05) is 13.1 Å². The lowest BCUT2D eigenvalue weighted by atomic mass is 10.0. The van der Waals surface area contributed by atoms with Crippen LogP contribution in [-0.2, 0) is 0 Å². The van der Waals surface area contributed by atoms with E-state index in [-0.39, 0.29) is 18.4 Å². The van der Waals surface area contributed by atoms with Gasteiger partial charge in [-0.15, -0.1) is 0 Å². The first-order valence-corrected chi connectivity index (χ1v) is 6.92. The Morgan fingerprint density at radius 1 is 1.24 bits per heavy atom. The molecule has 1 aromatic rings. The van der Waals surface area contributed by atoms with E-state index in [1.54, 1.807) is 32.9 Å². The highest BCUT2D eigenvalue weighted by Gasteiger charge is 2.31. The van der Waals surface area contributed by atoms with E-state index in [9.17, 15) is 17.6 Å². The summed E-state index contributed by atoms with van der Waals surface area (Å²) in [5, 5.41) is 0. The highest BCUT2D eigenvalue weighted by Crippen LogP contribution is 2.21. The van der Waals surface area contributed by atoms with Crippen molar-refractivity contribution in [1.29, 1.82) is 0 Å². The van der Waals surface area contributed by atoms with Crippen molar-refractivity contribution in [3.8, 4) is 0 Å². The largest absolute Gasteiger partial charge is 0.401 e. The number of hydrogen-bond donors (Lipinski definition) is 1. The molecule has 1 rings (SSSR count). The molecule has 0 saturated carbocycles. The second kappa shape index (κ2) is 7.22. The van der Waals surface area contributed by atoms with Crippen molar-refractivity contribution < 1.29 is 17.6 Å². The van der Waals surface area contributed by atoms with Crippen LogP contribution in [0, 0.1) is 12.7 Å². The maximum atomic E-state index is 13.5. The molecule has 0 amide bonds. The fraction of sp³-hybridized carbons (Fsp3) is 0.600. The second-order valence-electron chi connectivity index (χ2n) is 5.58. The molecule has 0 bridgehead atoms. The summed E-state index contributed by atoms with van der Waals surface area (Å²) in [4.78, 5) is 1.32. The predicted octanol–water partition coefficient (Wildman–Crippen LogP) is 3.80. The number of nitrogens with two attached hydrogens (primary N) is 1. The molecule has 0 spiro atoms. The van der Waals surface area contributed by atoms with E-state index in [0.717, 1.165) is 0 Å². The molecule has 2 nitrogen and oxygen atoms in total. The monoisotopic (exact) mass is 306 g/mol. The Bertz CT molecular complexity index is 457. The summed E-state index contributed by atoms with van der Waals surface area (Å²) in [6.45, 7) is 4.33. The summed E-state index contributed by atoms with van der Waals surface area (Å²) in [5.41, 5.74) is 7.08. The quantitative estimate of drug-likeness (QED) is 0.810. The van der Waals surface area contributed by atoms with Gasteiger partial charge in [0, 0.05) is 18.6 Å². The summed E-state index contributed by atoms with van der Waals surface area (Å²) >= 11 is 0. The minimum atomic E-state index is -4.23. The van der Waals surface area contributed by atoms with Gasteiger partial charge in [0.1, 0.15) is 5.82 Å². The Balaban J connectivity index is 2.64. The predicted molar refractivity (Wildman–Crippen MR) is 75.4 cm³/mol. The van der Waals surface area contributed by atoms with Gasteiger partial charge in [-0.2, -0.15) is 13.2 Å². The van der Waals surface area contributed by atoms with E-state index in [0.29, 0.717) is 17.5 Å². The number of rotatable bonds is 6. The van der Waals surface area contributed by atoms with E-state index >= 15 is 0 Å². The van der Waals surface area contributed by atoms with Gasteiger partial charge in [0.05, 0.1) is 6.54 Å². The molecule has 0 fully saturated rings. The van der Waals surface area contributed by atoms with Crippen molar-refractivity contribution >= 4 is 0 Å². The van der Waals surface area contributed by atoms with Crippen molar-refractivity contribution in [3.05, 3.63) is 35.1 Å². The Morgan fingerprint density at radius 3 is 2.33 bits per heavy atom. The van der Waals surface area contributed by atoms with E-state index < -0.39 is 18.8 Å². The number of nitrogens with zero attached hydrogens (tertiary/aromatic N) is 1. The van der Waals surface area contributed by atoms with Gasteiger partial charge in [0.25, 0.3) is 0 Å². The molecule has 0 aromatic heterocycles. The highest BCUT2D eigenvalue weighted by molar-refractivity contribution is 5.25. The average molecular weight is 306 g/mol. The second-order valence-corrected chi connectivity index (χ2v) is 5.58. The van der Waals surface area contributed by atoms with Crippen LogP contribution in [0.25, 0.3) is 0 Å². The molecule has 0 aliphatic carbocycles. The van der Waals surface area contributed by atoms with Gasteiger partial charge in [0.2, 0.25) is 0 Å². The maximum Gasteiger partial charge on any atom is 0.401 e. The first-order chi connectivity index (χ1) is 9.60. The van der Waals surface area contributed by atoms with Gasteiger partial charge in [0.15, 0.2) is 0 Å². The number of hydrogen-bond acceptors (Lipinski definition) is 2. The molecule has 0 aliphatic rings. The lowest BCUT2D eigenvalue weighted by Gasteiger charge is -2.28. The fourth-order valence-electron chi connectivity index (χ4n) is 2.06. The minimum absolute atomic E-state index is 0.216. The van der Waals surface area contributed by atoms with Crippen LogP contribution < -0.4 is 5.73 Å². The average Bonchev–Trinajstić information content (AvgIpc) is 2.35. The number of aryl methyl sites for hydroxylation is 1. The summed E-state index contributed by atoms with van der Waals surface area (Å²) in [5.74, 6) is -0.348. The third-order valence-corrected chi connectivity index (χ3v) is 3.46. The van der Waals surface area contributed by atoms with Gasteiger partial charge < -0.3 is 5.73 Å². The molecule has 2 N–H and O–H groups in total. The van der Waals surface area contributed by atoms with Crippen molar-refractivity contribution in [2.24, 2.45) is 5.73 Å². The van der Waals surface area contributed by atoms with E-state index in [1.165, 1.54) is 11.0 Å². The Labute approximate surface area is 122 Å². The molecule has 6 heteroatoms. The normalized spacial score (nSPS) is 14.0. The van der Waals surface area contributed by atoms with Gasteiger partial charge in [-0.05, 0) is 44.4 Å². The van der Waals surface area contributed by atoms with Crippen LogP contribution in [-0.4, -0.2) is 30.2 Å². The van der Waals surface area contributed by atoms with E-state index in [2.05, 4.69) is 0 Å². The van der Waals surface area contributed by atoms with Gasteiger partial charge >= 0.3 is 6.18 Å². The fourth-order valence-corrected chi connectivity index (χ4v) is 2.06. The molecule has 0 saturated heterocycles. The molecular formula is C15H22F4N2. The van der Waals surface area contributed by atoms with Crippen LogP contribution in [0.2, 0.25) is 0 Å². The molecule has 0 radical (unpaired) electrons. The SMILES string of the molecule is Cc1ccc(C(N)CCN(CC(F)(F)F)C(C)C)cc1F. The highest BCUT2D eigenvalue weighted by atomic mass is 19.4. The lowest BCUT2D eigenvalue weighted by Crippen LogP contribution is -2.40. The van der Waals surface area contributed by atoms with E-state index in [1.807, 2.05) is 0 Å². The molecule has 0 aliphatic heterocycles. The standard InChI is InChI=1S/C15H22F4N2/c1-10(2)21(9-15(17,18)19)7-6-14(20)12-5-4-11(3)13(16)8-12/h4-5,8,10,14H,6-7,9,20H2,1-3H3. The van der Waals surface area contributed by atoms with Crippen molar-refractivity contribution in [2.45, 2.75) is 45.5 Å². The number of benzene rings is 1. The van der Waals surface area contributed by atoms with Crippen LogP contribution in [0.1, 0.15) is 37.4 Å². The first kappa shape index (κ1) is 17.9. The first-order valence-electron chi connectivity index (χ1n) is 6.92. The van der Waals surface area contributed by atoms with Gasteiger partial charge in [-0.25, -0.2) is 4.39 Å². The summed E-state index contributed by atoms with van der Waals surface area (Å²) in [6, 6.07) is 3.99. The molecule has 0 heterocycles. The zero-order chi connectivity index (χ0) is 16.2. The third kappa shape index (κ3) is 6.01. The lowest BCUT2D eigenvalue weighted by molar-refractivity contribution is -0.149. The van der Waals surface area contributed by atoms with Crippen LogP contribution in [0.15, 0.2) is 18.2 Å². The van der Waals surface area contributed by atoms with Gasteiger partial charge in [-0.1, -0.05) is 12.1 Å². The smallest absolute Gasteiger partial charge is 0.324 e. The zero-order valence-electron chi connectivity index (χ0n) is 12.5. The Kier molecular flexibility index (Phi) is 6.16. The van der Waals surface area contributed by atoms with Crippen molar-refractivity contribution in [1.82, 2.24) is 4.90 Å². The zero-order valence-corrected chi connectivity index (χ0v) is 12.5. The summed E-state index contributed by atoms with van der Waals surface area (Å²) in [6.07, 6.45) is -3.89. The topological polar surface area (TPSA) is 29.3 Å². The molecule has 1 unspecified atom stereocenters. The Morgan fingerprint density at radius 2 is 1.86 bits per heavy atom. The maximum absolute atomic E-state index is 13.5. The molecule has 1 aromatic carbocycles. The van der Waals surface area contributed by atoms with Crippen LogP contribution in [0.5, 0.6) is 0 Å². The van der Waals surface area contributed by atoms with Crippen LogP contribution in [0.3, 0.4) is 0 Å². The van der Waals surface area contributed by atoms with E-state index in [4.69, 9.17) is 5.73 Å². The number of halogens is 4. The molecule has 1 atom stereocenters. The summed E-state index contributed by atoms with van der Waals surface area (Å²) < 4.78 is 50.9. The summed E-state index contributed by atoms with van der Waals surface area (Å²) in [7, 11) is 0. The molecule has 120 valence electrons. The van der Waals surface area contributed by atoms with Crippen LogP contribution >= 0.6 is 0 Å². The minimum Gasteiger partial charge on any atom is -0.324 e. The third-order valence-electron chi connectivity index (χ3n) is 3.46. The van der Waals surface area contributed by atoms with Gasteiger partial charge in [-0.3, -0.25) is 4.90 Å².